The number of nitrogens with zero attached hydrogens (tertiary/aromatic N) is 3. The second kappa shape index (κ2) is 11.2. The van der Waals surface area contributed by atoms with Crippen molar-refractivity contribution in [2.24, 2.45) is 0 Å². The topological polar surface area (TPSA) is 110 Å². The smallest absolute Gasteiger partial charge is 0.259 e. The maximum Gasteiger partial charge on any atom is 0.259 e. The molecule has 0 spiro atoms. The number of phenols is 1. The number of H-pyrrole nitrogens is 1. The van der Waals surface area contributed by atoms with E-state index in [2.05, 4.69) is 19.9 Å². The van der Waals surface area contributed by atoms with Crippen LogP contribution in [0.2, 0.25) is 0 Å². The van der Waals surface area contributed by atoms with Crippen LogP contribution in [0, 0.1) is 11.6 Å². The molecular formula is C30H22F2N4O4. The first-order valence-electron chi connectivity index (χ1n) is 12.0. The highest BCUT2D eigenvalue weighted by molar-refractivity contribution is 5.88. The molecule has 0 fully saturated rings. The second-order valence-electron chi connectivity index (χ2n) is 8.50. The normalized spacial score (nSPS) is 10.7. The molecular weight excluding hydrogens is 518 g/mol. The third-order valence-electron chi connectivity index (χ3n) is 5.97. The molecule has 200 valence electrons. The molecule has 0 amide bonds. The molecule has 0 atom stereocenters. The largest absolute Gasteiger partial charge is 0.504 e. The number of rotatable bonds is 4. The fraction of sp³-hybridized carbons (Fsp3) is 0.0667. The van der Waals surface area contributed by atoms with Gasteiger partial charge >= 0.3 is 0 Å². The minimum atomic E-state index is -0.739. The average molecular weight is 541 g/mol. The number of aromatic nitrogens is 4. The molecule has 2 N–H and O–H groups in total. The van der Waals surface area contributed by atoms with E-state index < -0.39 is 11.6 Å². The van der Waals surface area contributed by atoms with Crippen molar-refractivity contribution in [3.05, 3.63) is 107 Å². The molecule has 0 unspecified atom stereocenters. The van der Waals surface area contributed by atoms with Crippen molar-refractivity contribution in [1.82, 2.24) is 19.9 Å². The number of halogens is 2. The third-order valence-corrected chi connectivity index (χ3v) is 5.97. The first-order valence-corrected chi connectivity index (χ1v) is 12.0. The second-order valence-corrected chi connectivity index (χ2v) is 8.50. The summed E-state index contributed by atoms with van der Waals surface area (Å²) < 4.78 is 37.4. The highest BCUT2D eigenvalue weighted by Gasteiger charge is 2.15. The molecule has 0 radical (unpaired) electrons. The van der Waals surface area contributed by atoms with Crippen LogP contribution in [0.1, 0.15) is 0 Å². The molecule has 0 aliphatic carbocycles. The van der Waals surface area contributed by atoms with Crippen molar-refractivity contribution in [2.75, 3.05) is 14.2 Å². The molecule has 6 aromatic rings. The van der Waals surface area contributed by atoms with E-state index in [1.165, 1.54) is 26.4 Å². The van der Waals surface area contributed by atoms with E-state index >= 15 is 0 Å². The number of fused-ring (bicyclic) bond motifs is 2. The summed E-state index contributed by atoms with van der Waals surface area (Å²) >= 11 is 0. The van der Waals surface area contributed by atoms with Crippen molar-refractivity contribution in [3.63, 3.8) is 0 Å². The number of aromatic amines is 1. The summed E-state index contributed by atoms with van der Waals surface area (Å²) in [4.78, 5) is 27.6. The monoisotopic (exact) mass is 540 g/mol. The molecule has 40 heavy (non-hydrogen) atoms. The number of phenolic OH excluding ortho intramolecular Hbond substituents is 1. The van der Waals surface area contributed by atoms with Crippen LogP contribution in [0.5, 0.6) is 17.4 Å². The van der Waals surface area contributed by atoms with E-state index in [-0.39, 0.29) is 33.8 Å². The van der Waals surface area contributed by atoms with Crippen molar-refractivity contribution in [3.8, 4) is 40.2 Å². The van der Waals surface area contributed by atoms with Crippen molar-refractivity contribution in [2.45, 2.75) is 0 Å². The zero-order valence-electron chi connectivity index (χ0n) is 21.4. The lowest BCUT2D eigenvalue weighted by atomic mass is 10.2. The first-order chi connectivity index (χ1) is 19.4. The van der Waals surface area contributed by atoms with Crippen LogP contribution >= 0.6 is 0 Å². The van der Waals surface area contributed by atoms with Gasteiger partial charge in [0, 0.05) is 23.3 Å². The van der Waals surface area contributed by atoms with Gasteiger partial charge in [0.15, 0.2) is 17.3 Å². The standard InChI is InChI=1S/C15H10F2N2O.C15H12N2O3/c1-20-15-13-11(17)7-10(16)8-12(13)18-14(19-15)9-5-3-2-4-6-9;1-20-13-11(18)8-7-10-12(13)16-14(17-15(10)19)9-5-3-2-4-6-9/h2-8H,1H3;2-8,18H,1H3,(H,16,17,19). The zero-order valence-corrected chi connectivity index (χ0v) is 21.4. The Morgan fingerprint density at radius 3 is 2.12 bits per heavy atom. The van der Waals surface area contributed by atoms with E-state index in [9.17, 15) is 18.7 Å². The number of methoxy groups -OCH3 is 2. The van der Waals surface area contributed by atoms with Crippen LogP contribution < -0.4 is 15.0 Å². The summed E-state index contributed by atoms with van der Waals surface area (Å²) in [6.45, 7) is 0. The molecule has 0 saturated heterocycles. The van der Waals surface area contributed by atoms with Gasteiger partial charge in [-0.15, -0.1) is 0 Å². The molecule has 2 heterocycles. The van der Waals surface area contributed by atoms with Gasteiger partial charge in [-0.2, -0.15) is 4.98 Å². The minimum Gasteiger partial charge on any atom is -0.504 e. The van der Waals surface area contributed by atoms with Crippen LogP contribution in [0.4, 0.5) is 8.78 Å². The molecule has 10 heteroatoms. The summed E-state index contributed by atoms with van der Waals surface area (Å²) in [5, 5.41) is 10.2. The highest BCUT2D eigenvalue weighted by Crippen LogP contribution is 2.33. The minimum absolute atomic E-state index is 0.0443. The lowest BCUT2D eigenvalue weighted by molar-refractivity contribution is 0.377. The molecule has 6 rings (SSSR count). The number of hydrogen-bond acceptors (Lipinski definition) is 7. The van der Waals surface area contributed by atoms with Crippen LogP contribution in [-0.4, -0.2) is 39.3 Å². The summed E-state index contributed by atoms with van der Waals surface area (Å²) in [6.07, 6.45) is 0. The van der Waals surface area contributed by atoms with E-state index in [1.54, 1.807) is 0 Å². The quantitative estimate of drug-likeness (QED) is 0.287. The predicted octanol–water partition coefficient (Wildman–Crippen LogP) is 5.89. The summed E-state index contributed by atoms with van der Waals surface area (Å²) in [5.41, 5.74) is 1.78. The van der Waals surface area contributed by atoms with Gasteiger partial charge in [-0.3, -0.25) is 4.79 Å². The van der Waals surface area contributed by atoms with Gasteiger partial charge < -0.3 is 19.6 Å². The molecule has 2 aromatic heterocycles. The van der Waals surface area contributed by atoms with E-state index in [0.29, 0.717) is 22.6 Å². The Morgan fingerprint density at radius 2 is 1.48 bits per heavy atom. The Bertz CT molecular complexity index is 1880. The Morgan fingerprint density at radius 1 is 0.800 bits per heavy atom. The number of aromatic hydroxyl groups is 1. The van der Waals surface area contributed by atoms with Gasteiger partial charge in [-0.1, -0.05) is 60.7 Å². The lowest BCUT2D eigenvalue weighted by Crippen LogP contribution is -2.10. The summed E-state index contributed by atoms with van der Waals surface area (Å²) in [6, 6.07) is 23.3. The van der Waals surface area contributed by atoms with Crippen molar-refractivity contribution < 1.29 is 23.4 Å². The molecule has 0 saturated carbocycles. The summed E-state index contributed by atoms with van der Waals surface area (Å²) in [5.74, 6) is -0.382. The average Bonchev–Trinajstić information content (AvgIpc) is 2.97. The van der Waals surface area contributed by atoms with Crippen LogP contribution in [0.3, 0.4) is 0 Å². The van der Waals surface area contributed by atoms with Gasteiger partial charge in [0.2, 0.25) is 5.88 Å². The van der Waals surface area contributed by atoms with Crippen molar-refractivity contribution in [1.29, 1.82) is 0 Å². The third kappa shape index (κ3) is 5.14. The molecule has 4 aromatic carbocycles. The maximum atomic E-state index is 13.8. The van der Waals surface area contributed by atoms with E-state index in [1.807, 2.05) is 60.7 Å². The number of benzene rings is 4. The van der Waals surface area contributed by atoms with Crippen LogP contribution in [0.15, 0.2) is 89.7 Å². The number of ether oxygens (including phenoxy) is 2. The highest BCUT2D eigenvalue weighted by atomic mass is 19.1. The van der Waals surface area contributed by atoms with Crippen LogP contribution in [0.25, 0.3) is 44.6 Å². The Labute approximate surface area is 226 Å². The van der Waals surface area contributed by atoms with E-state index in [4.69, 9.17) is 9.47 Å². The number of hydrogen-bond donors (Lipinski definition) is 2. The van der Waals surface area contributed by atoms with Gasteiger partial charge in [0.25, 0.3) is 5.56 Å². The SMILES string of the molecule is COc1c(O)ccc2c(=O)[nH]c(-c3ccccc3)nc12.COc1nc(-c2ccccc2)nc2cc(F)cc(F)c12. The first kappa shape index (κ1) is 26.2. The Kier molecular flexibility index (Phi) is 7.32. The fourth-order valence-corrected chi connectivity index (χ4v) is 4.12. The molecule has 8 nitrogen and oxygen atoms in total. The molecule has 0 aliphatic rings. The summed E-state index contributed by atoms with van der Waals surface area (Å²) in [7, 11) is 2.82. The molecule has 0 bridgehead atoms. The van der Waals surface area contributed by atoms with Gasteiger partial charge in [-0.25, -0.2) is 18.7 Å². The van der Waals surface area contributed by atoms with Gasteiger partial charge in [0.05, 0.1) is 30.5 Å². The lowest BCUT2D eigenvalue weighted by Gasteiger charge is -2.08. The fourth-order valence-electron chi connectivity index (χ4n) is 4.12. The predicted molar refractivity (Wildman–Crippen MR) is 147 cm³/mol. The maximum absolute atomic E-state index is 13.8. The Balaban J connectivity index is 0.000000161. The Hall–Kier alpha value is -5.38. The van der Waals surface area contributed by atoms with Gasteiger partial charge in [-0.05, 0) is 12.1 Å². The van der Waals surface area contributed by atoms with Crippen LogP contribution in [-0.2, 0) is 0 Å². The zero-order chi connectivity index (χ0) is 28.2. The van der Waals surface area contributed by atoms with Crippen molar-refractivity contribution >= 4 is 21.8 Å². The van der Waals surface area contributed by atoms with E-state index in [0.717, 1.165) is 23.3 Å². The van der Waals surface area contributed by atoms with Gasteiger partial charge in [0.1, 0.15) is 23.0 Å². The molecule has 0 aliphatic heterocycles. The number of nitrogens with one attached hydrogen (secondary N) is 1.